The first-order valence-corrected chi connectivity index (χ1v) is 4.50. The number of carbonyl (C=O) groups is 1. The van der Waals surface area contributed by atoms with Crippen LogP contribution in [0.4, 0.5) is 0 Å². The predicted octanol–water partition coefficient (Wildman–Crippen LogP) is 1.09. The third-order valence-corrected chi connectivity index (χ3v) is 2.24. The average Bonchev–Trinajstić information content (AvgIpc) is 2.75. The first-order valence-electron chi connectivity index (χ1n) is 4.50. The molecule has 0 aliphatic heterocycles. The monoisotopic (exact) mass is 198 g/mol. The molecular formula is C8H10N2O4. The highest BCUT2D eigenvalue weighted by Gasteiger charge is 2.24. The summed E-state index contributed by atoms with van der Waals surface area (Å²) >= 11 is 0. The maximum absolute atomic E-state index is 10.6. The van der Waals surface area contributed by atoms with E-state index >= 15 is 0 Å². The first-order chi connectivity index (χ1) is 6.77. The SMILES string of the molecule is O=C(O)c1nonc1OC1CCCC1. The summed E-state index contributed by atoms with van der Waals surface area (Å²) in [6.45, 7) is 0. The summed E-state index contributed by atoms with van der Waals surface area (Å²) < 4.78 is 9.67. The highest BCUT2D eigenvalue weighted by Crippen LogP contribution is 2.24. The van der Waals surface area contributed by atoms with Crippen molar-refractivity contribution in [2.45, 2.75) is 31.8 Å². The molecule has 0 amide bonds. The van der Waals surface area contributed by atoms with Gasteiger partial charge in [0.1, 0.15) is 6.10 Å². The van der Waals surface area contributed by atoms with Crippen LogP contribution in [0.1, 0.15) is 36.2 Å². The van der Waals surface area contributed by atoms with Gasteiger partial charge in [0.05, 0.1) is 0 Å². The number of carboxylic acid groups (broad SMARTS) is 1. The van der Waals surface area contributed by atoms with Gasteiger partial charge in [0.15, 0.2) is 0 Å². The van der Waals surface area contributed by atoms with Crippen molar-refractivity contribution in [2.75, 3.05) is 0 Å². The Hall–Kier alpha value is -1.59. The van der Waals surface area contributed by atoms with Crippen molar-refractivity contribution in [3.8, 4) is 5.88 Å². The van der Waals surface area contributed by atoms with E-state index in [-0.39, 0.29) is 17.7 Å². The maximum Gasteiger partial charge on any atom is 0.363 e. The number of ether oxygens (including phenoxy) is 1. The van der Waals surface area contributed by atoms with E-state index in [0.717, 1.165) is 25.7 Å². The normalized spacial score (nSPS) is 17.1. The fraction of sp³-hybridized carbons (Fsp3) is 0.625. The minimum absolute atomic E-state index is 0.00981. The van der Waals surface area contributed by atoms with Crippen LogP contribution in [0.5, 0.6) is 5.88 Å². The Morgan fingerprint density at radius 1 is 1.43 bits per heavy atom. The molecule has 2 rings (SSSR count). The third kappa shape index (κ3) is 1.68. The molecular weight excluding hydrogens is 188 g/mol. The Morgan fingerprint density at radius 3 is 2.79 bits per heavy atom. The molecule has 1 aliphatic carbocycles. The summed E-state index contributed by atoms with van der Waals surface area (Å²) in [5.41, 5.74) is -0.253. The molecule has 1 N–H and O–H groups in total. The fourth-order valence-electron chi connectivity index (χ4n) is 1.55. The lowest BCUT2D eigenvalue weighted by Gasteiger charge is -2.08. The number of nitrogens with zero attached hydrogens (tertiary/aromatic N) is 2. The molecule has 1 heterocycles. The summed E-state index contributed by atoms with van der Waals surface area (Å²) in [6.07, 6.45) is 4.15. The molecule has 0 atom stereocenters. The van der Waals surface area contributed by atoms with Gasteiger partial charge in [-0.2, -0.15) is 0 Å². The molecule has 6 heteroatoms. The lowest BCUT2D eigenvalue weighted by Crippen LogP contribution is -2.13. The van der Waals surface area contributed by atoms with Crippen LogP contribution in [-0.4, -0.2) is 27.5 Å². The van der Waals surface area contributed by atoms with Gasteiger partial charge in [-0.1, -0.05) is 0 Å². The van der Waals surface area contributed by atoms with Crippen LogP contribution < -0.4 is 4.74 Å². The van der Waals surface area contributed by atoms with Crippen molar-refractivity contribution >= 4 is 5.97 Å². The van der Waals surface area contributed by atoms with Crippen molar-refractivity contribution in [3.63, 3.8) is 0 Å². The van der Waals surface area contributed by atoms with E-state index in [9.17, 15) is 4.79 Å². The lowest BCUT2D eigenvalue weighted by molar-refractivity contribution is 0.0679. The third-order valence-electron chi connectivity index (χ3n) is 2.24. The first kappa shape index (κ1) is 8.98. The minimum atomic E-state index is -1.18. The van der Waals surface area contributed by atoms with Gasteiger partial charge in [-0.05, 0) is 36.0 Å². The van der Waals surface area contributed by atoms with E-state index in [1.807, 2.05) is 0 Å². The lowest BCUT2D eigenvalue weighted by atomic mass is 10.3. The summed E-state index contributed by atoms with van der Waals surface area (Å²) in [6, 6.07) is 0. The Morgan fingerprint density at radius 2 is 2.14 bits per heavy atom. The summed E-state index contributed by atoms with van der Waals surface area (Å²) in [5.74, 6) is -1.19. The molecule has 0 radical (unpaired) electrons. The van der Waals surface area contributed by atoms with Crippen LogP contribution >= 0.6 is 0 Å². The molecule has 1 aliphatic rings. The predicted molar refractivity (Wildman–Crippen MR) is 44.1 cm³/mol. The Kier molecular flexibility index (Phi) is 2.34. The van der Waals surface area contributed by atoms with Gasteiger partial charge in [-0.15, -0.1) is 0 Å². The Bertz CT molecular complexity index is 330. The van der Waals surface area contributed by atoms with E-state index < -0.39 is 5.97 Å². The van der Waals surface area contributed by atoms with Crippen molar-refractivity contribution in [3.05, 3.63) is 5.69 Å². The highest BCUT2D eigenvalue weighted by molar-refractivity contribution is 5.87. The fourth-order valence-corrected chi connectivity index (χ4v) is 1.55. The summed E-state index contributed by atoms with van der Waals surface area (Å²) in [7, 11) is 0. The summed E-state index contributed by atoms with van der Waals surface area (Å²) in [5, 5.41) is 15.3. The molecule has 0 saturated heterocycles. The Labute approximate surface area is 79.8 Å². The second-order valence-corrected chi connectivity index (χ2v) is 3.25. The van der Waals surface area contributed by atoms with Gasteiger partial charge in [-0.25, -0.2) is 9.42 Å². The minimum Gasteiger partial charge on any atom is -0.476 e. The van der Waals surface area contributed by atoms with Gasteiger partial charge in [0.2, 0.25) is 0 Å². The molecule has 1 aromatic heterocycles. The summed E-state index contributed by atoms with van der Waals surface area (Å²) in [4.78, 5) is 10.6. The van der Waals surface area contributed by atoms with E-state index in [0.29, 0.717) is 0 Å². The van der Waals surface area contributed by atoms with Crippen molar-refractivity contribution in [2.24, 2.45) is 0 Å². The number of hydrogen-bond donors (Lipinski definition) is 1. The molecule has 0 bridgehead atoms. The van der Waals surface area contributed by atoms with Crippen LogP contribution in [-0.2, 0) is 0 Å². The molecule has 0 spiro atoms. The van der Waals surface area contributed by atoms with E-state index in [1.54, 1.807) is 0 Å². The van der Waals surface area contributed by atoms with Crippen LogP contribution in [0.3, 0.4) is 0 Å². The molecule has 0 aromatic carbocycles. The van der Waals surface area contributed by atoms with E-state index in [4.69, 9.17) is 9.84 Å². The van der Waals surface area contributed by atoms with Crippen molar-refractivity contribution in [1.82, 2.24) is 10.3 Å². The molecule has 76 valence electrons. The van der Waals surface area contributed by atoms with Gasteiger partial charge in [0.25, 0.3) is 11.6 Å². The molecule has 1 saturated carbocycles. The van der Waals surface area contributed by atoms with Gasteiger partial charge in [0, 0.05) is 0 Å². The molecule has 6 nitrogen and oxygen atoms in total. The standard InChI is InChI=1S/C8H10N2O4/c11-8(12)6-7(10-14-9-6)13-5-3-1-2-4-5/h5H,1-4H2,(H,11,12). The maximum atomic E-state index is 10.6. The topological polar surface area (TPSA) is 85.5 Å². The van der Waals surface area contributed by atoms with E-state index in [1.165, 1.54) is 0 Å². The van der Waals surface area contributed by atoms with Crippen LogP contribution in [0, 0.1) is 0 Å². The molecule has 1 fully saturated rings. The average molecular weight is 198 g/mol. The van der Waals surface area contributed by atoms with Gasteiger partial charge in [-0.3, -0.25) is 0 Å². The number of carboxylic acids is 1. The quantitative estimate of drug-likeness (QED) is 0.782. The zero-order valence-electron chi connectivity index (χ0n) is 7.47. The van der Waals surface area contributed by atoms with Crippen molar-refractivity contribution < 1.29 is 19.3 Å². The molecule has 0 unspecified atom stereocenters. The molecule has 14 heavy (non-hydrogen) atoms. The zero-order valence-corrected chi connectivity index (χ0v) is 7.47. The number of aromatic nitrogens is 2. The second-order valence-electron chi connectivity index (χ2n) is 3.25. The van der Waals surface area contributed by atoms with Crippen LogP contribution in [0.2, 0.25) is 0 Å². The van der Waals surface area contributed by atoms with Crippen LogP contribution in [0.25, 0.3) is 0 Å². The number of hydrogen-bond acceptors (Lipinski definition) is 5. The van der Waals surface area contributed by atoms with Crippen molar-refractivity contribution in [1.29, 1.82) is 0 Å². The smallest absolute Gasteiger partial charge is 0.363 e. The molecule has 1 aromatic rings. The zero-order chi connectivity index (χ0) is 9.97. The Balaban J connectivity index is 2.07. The van der Waals surface area contributed by atoms with Crippen LogP contribution in [0.15, 0.2) is 4.63 Å². The van der Waals surface area contributed by atoms with E-state index in [2.05, 4.69) is 14.9 Å². The number of rotatable bonds is 3. The van der Waals surface area contributed by atoms with Gasteiger partial charge >= 0.3 is 5.97 Å². The van der Waals surface area contributed by atoms with Gasteiger partial charge < -0.3 is 9.84 Å². The highest BCUT2D eigenvalue weighted by atomic mass is 16.6. The largest absolute Gasteiger partial charge is 0.476 e. The number of aromatic carboxylic acids is 1. The second kappa shape index (κ2) is 3.65.